The fourth-order valence-electron chi connectivity index (χ4n) is 3.42. The van der Waals surface area contributed by atoms with E-state index in [-0.39, 0.29) is 17.8 Å². The first-order chi connectivity index (χ1) is 13.7. The molecule has 1 saturated heterocycles. The molecule has 1 aliphatic heterocycles. The van der Waals surface area contributed by atoms with Crippen molar-refractivity contribution in [3.05, 3.63) is 53.6 Å². The number of nitrogens with one attached hydrogen (secondary N) is 1. The largest absolute Gasteiger partial charge is 0.333 e. The van der Waals surface area contributed by atoms with Crippen molar-refractivity contribution in [3.8, 4) is 16.3 Å². The molecule has 146 valence electrons. The summed E-state index contributed by atoms with van der Waals surface area (Å²) >= 11 is 1.43. The van der Waals surface area contributed by atoms with E-state index in [2.05, 4.69) is 22.3 Å². The summed E-state index contributed by atoms with van der Waals surface area (Å²) in [5, 5.41) is 10.2. The Morgan fingerprint density at radius 1 is 1.39 bits per heavy atom. The summed E-state index contributed by atoms with van der Waals surface area (Å²) in [5.41, 5.74) is 2.08. The van der Waals surface area contributed by atoms with Gasteiger partial charge in [0.05, 0.1) is 11.9 Å². The minimum Gasteiger partial charge on any atom is -0.333 e. The van der Waals surface area contributed by atoms with E-state index in [1.807, 2.05) is 16.5 Å². The average Bonchev–Trinajstić information content (AvgIpc) is 3.47. The molecular weight excluding hydrogens is 377 g/mol. The molecule has 1 amide bonds. The number of thiazole rings is 1. The molecule has 1 atom stereocenters. The van der Waals surface area contributed by atoms with Crippen molar-refractivity contribution in [2.45, 2.75) is 25.8 Å². The van der Waals surface area contributed by atoms with Gasteiger partial charge in [-0.2, -0.15) is 5.10 Å². The molecule has 8 heteroatoms. The van der Waals surface area contributed by atoms with Gasteiger partial charge in [0.25, 0.3) is 5.91 Å². The van der Waals surface area contributed by atoms with E-state index in [0.717, 1.165) is 48.7 Å². The van der Waals surface area contributed by atoms with Gasteiger partial charge in [0, 0.05) is 36.3 Å². The van der Waals surface area contributed by atoms with Crippen molar-refractivity contribution in [1.82, 2.24) is 25.0 Å². The van der Waals surface area contributed by atoms with Crippen LogP contribution in [0.3, 0.4) is 0 Å². The van der Waals surface area contributed by atoms with Gasteiger partial charge < -0.3 is 10.2 Å². The number of halogens is 1. The van der Waals surface area contributed by atoms with Crippen LogP contribution < -0.4 is 5.32 Å². The minimum absolute atomic E-state index is 0.0102. The highest BCUT2D eigenvalue weighted by molar-refractivity contribution is 7.13. The topological polar surface area (TPSA) is 63.1 Å². The van der Waals surface area contributed by atoms with Gasteiger partial charge in [0.2, 0.25) is 0 Å². The standard InChI is InChI=1S/C20H22FN5OS/c1-2-9-25(17-7-8-22-11-17)20(27)18-13-28-19(24-18)14-10-23-26(12-14)16-5-3-15(21)4-6-16/h3-6,10,12-13,17,22H,2,7-9,11H2,1H3/t17-/m0/s1. The first-order valence-corrected chi connectivity index (χ1v) is 10.3. The van der Waals surface area contributed by atoms with Gasteiger partial charge in [-0.1, -0.05) is 6.92 Å². The zero-order valence-corrected chi connectivity index (χ0v) is 16.5. The Morgan fingerprint density at radius 3 is 2.93 bits per heavy atom. The van der Waals surface area contributed by atoms with Crippen LogP contribution in [0.25, 0.3) is 16.3 Å². The fraction of sp³-hybridized carbons (Fsp3) is 0.350. The van der Waals surface area contributed by atoms with Gasteiger partial charge in [-0.15, -0.1) is 11.3 Å². The predicted molar refractivity (Wildman–Crippen MR) is 107 cm³/mol. The summed E-state index contributed by atoms with van der Waals surface area (Å²) in [6, 6.07) is 6.37. The molecule has 3 heterocycles. The van der Waals surface area contributed by atoms with Crippen molar-refractivity contribution in [2.75, 3.05) is 19.6 Å². The summed E-state index contributed by atoms with van der Waals surface area (Å²) in [6.45, 7) is 4.61. The van der Waals surface area contributed by atoms with Crippen molar-refractivity contribution in [3.63, 3.8) is 0 Å². The summed E-state index contributed by atoms with van der Waals surface area (Å²) in [4.78, 5) is 19.5. The maximum atomic E-state index is 13.1. The summed E-state index contributed by atoms with van der Waals surface area (Å²) in [7, 11) is 0. The molecule has 6 nitrogen and oxygen atoms in total. The Bertz CT molecular complexity index is 946. The first-order valence-electron chi connectivity index (χ1n) is 9.44. The minimum atomic E-state index is -0.284. The van der Waals surface area contributed by atoms with Crippen molar-refractivity contribution in [1.29, 1.82) is 0 Å². The number of hydrogen-bond acceptors (Lipinski definition) is 5. The number of aromatic nitrogens is 3. The molecule has 4 rings (SSSR count). The number of amides is 1. The normalized spacial score (nSPS) is 16.4. The zero-order chi connectivity index (χ0) is 19.5. The fourth-order valence-corrected chi connectivity index (χ4v) is 4.19. The van der Waals surface area contributed by atoms with E-state index in [0.29, 0.717) is 5.69 Å². The molecule has 1 fully saturated rings. The molecule has 1 aromatic carbocycles. The van der Waals surface area contributed by atoms with Crippen LogP contribution >= 0.6 is 11.3 Å². The van der Waals surface area contributed by atoms with Gasteiger partial charge in [0.1, 0.15) is 16.5 Å². The quantitative estimate of drug-likeness (QED) is 0.691. The van der Waals surface area contributed by atoms with Crippen molar-refractivity contribution in [2.24, 2.45) is 0 Å². The van der Waals surface area contributed by atoms with E-state index in [4.69, 9.17) is 0 Å². The van der Waals surface area contributed by atoms with Crippen LogP contribution in [0.4, 0.5) is 4.39 Å². The lowest BCUT2D eigenvalue weighted by atomic mass is 10.2. The Morgan fingerprint density at radius 2 is 2.21 bits per heavy atom. The lowest BCUT2D eigenvalue weighted by Crippen LogP contribution is -2.42. The molecule has 2 aromatic heterocycles. The molecule has 28 heavy (non-hydrogen) atoms. The van der Waals surface area contributed by atoms with Crippen molar-refractivity contribution >= 4 is 17.2 Å². The maximum Gasteiger partial charge on any atom is 0.273 e. The maximum absolute atomic E-state index is 13.1. The molecule has 0 saturated carbocycles. The number of hydrogen-bond donors (Lipinski definition) is 1. The summed E-state index contributed by atoms with van der Waals surface area (Å²) in [5.74, 6) is -0.294. The lowest BCUT2D eigenvalue weighted by Gasteiger charge is -2.27. The van der Waals surface area contributed by atoms with Crippen LogP contribution in [-0.2, 0) is 0 Å². The molecule has 0 bridgehead atoms. The second-order valence-electron chi connectivity index (χ2n) is 6.83. The van der Waals surface area contributed by atoms with Crippen LogP contribution in [-0.4, -0.2) is 51.2 Å². The number of nitrogens with zero attached hydrogens (tertiary/aromatic N) is 4. The third-order valence-electron chi connectivity index (χ3n) is 4.84. The third kappa shape index (κ3) is 3.83. The molecular formula is C20H22FN5OS. The Balaban J connectivity index is 1.54. The van der Waals surface area contributed by atoms with E-state index in [1.54, 1.807) is 23.0 Å². The predicted octanol–water partition coefficient (Wildman–Crippen LogP) is 3.35. The van der Waals surface area contributed by atoms with Crippen LogP contribution in [0.1, 0.15) is 30.3 Å². The summed E-state index contributed by atoms with van der Waals surface area (Å²) < 4.78 is 14.8. The zero-order valence-electron chi connectivity index (χ0n) is 15.6. The highest BCUT2D eigenvalue weighted by atomic mass is 32.1. The van der Waals surface area contributed by atoms with Crippen LogP contribution in [0.5, 0.6) is 0 Å². The second-order valence-corrected chi connectivity index (χ2v) is 7.69. The smallest absolute Gasteiger partial charge is 0.273 e. The lowest BCUT2D eigenvalue weighted by molar-refractivity contribution is 0.0687. The molecule has 3 aromatic rings. The monoisotopic (exact) mass is 399 g/mol. The SMILES string of the molecule is CCCN(C(=O)c1csc(-c2cnn(-c3ccc(F)cc3)c2)n1)[C@H]1CCNC1. The van der Waals surface area contributed by atoms with Gasteiger partial charge >= 0.3 is 0 Å². The van der Waals surface area contributed by atoms with E-state index < -0.39 is 0 Å². The Hall–Kier alpha value is -2.58. The number of benzene rings is 1. The molecule has 1 aliphatic rings. The molecule has 0 aliphatic carbocycles. The molecule has 0 unspecified atom stereocenters. The van der Waals surface area contributed by atoms with Gasteiger partial charge in [0.15, 0.2) is 0 Å². The molecule has 0 radical (unpaired) electrons. The van der Waals surface area contributed by atoms with Crippen molar-refractivity contribution < 1.29 is 9.18 Å². The van der Waals surface area contributed by atoms with Gasteiger partial charge in [-0.25, -0.2) is 14.1 Å². The average molecular weight is 399 g/mol. The highest BCUT2D eigenvalue weighted by Gasteiger charge is 2.28. The van der Waals surface area contributed by atoms with Gasteiger partial charge in [-0.3, -0.25) is 4.79 Å². The van der Waals surface area contributed by atoms with E-state index in [9.17, 15) is 9.18 Å². The van der Waals surface area contributed by atoms with E-state index >= 15 is 0 Å². The second kappa shape index (κ2) is 8.20. The third-order valence-corrected chi connectivity index (χ3v) is 5.74. The van der Waals surface area contributed by atoms with Crippen LogP contribution in [0.15, 0.2) is 42.0 Å². The van der Waals surface area contributed by atoms with Gasteiger partial charge in [-0.05, 0) is 43.7 Å². The van der Waals surface area contributed by atoms with Crippen LogP contribution in [0, 0.1) is 5.82 Å². The Labute approximate surface area is 167 Å². The van der Waals surface area contributed by atoms with Crippen LogP contribution in [0.2, 0.25) is 0 Å². The number of carbonyl (C=O) groups excluding carboxylic acids is 1. The van der Waals surface area contributed by atoms with E-state index in [1.165, 1.54) is 23.5 Å². The number of rotatable bonds is 6. The first kappa shape index (κ1) is 18.8. The molecule has 0 spiro atoms. The summed E-state index contributed by atoms with van der Waals surface area (Å²) in [6.07, 6.45) is 5.45. The molecule has 1 N–H and O–H groups in total. The Kier molecular flexibility index (Phi) is 5.50. The highest BCUT2D eigenvalue weighted by Crippen LogP contribution is 2.25. The number of carbonyl (C=O) groups is 1.